The van der Waals surface area contributed by atoms with Crippen LogP contribution in [0.15, 0.2) is 0 Å². The Balaban J connectivity index is 1.72. The Bertz CT molecular complexity index is 215. The van der Waals surface area contributed by atoms with Gasteiger partial charge in [-0.1, -0.05) is 13.8 Å². The maximum Gasteiger partial charge on any atom is 0.0123 e. The molecular formula is C14H28N2. The highest BCUT2D eigenvalue weighted by molar-refractivity contribution is 4.91. The lowest BCUT2D eigenvalue weighted by atomic mass is 9.93. The van der Waals surface area contributed by atoms with Gasteiger partial charge in [-0.25, -0.2) is 0 Å². The molecule has 0 spiro atoms. The van der Waals surface area contributed by atoms with Crippen molar-refractivity contribution in [3.63, 3.8) is 0 Å². The summed E-state index contributed by atoms with van der Waals surface area (Å²) in [4.78, 5) is 2.63. The molecule has 1 N–H and O–H groups in total. The summed E-state index contributed by atoms with van der Waals surface area (Å²) < 4.78 is 0. The zero-order chi connectivity index (χ0) is 11.5. The average Bonchev–Trinajstić information content (AvgIpc) is 2.63. The number of fused-ring (bicyclic) bond motifs is 2. The Hall–Kier alpha value is -0.0800. The third-order valence-corrected chi connectivity index (χ3v) is 4.31. The van der Waals surface area contributed by atoms with E-state index in [0.717, 1.165) is 17.9 Å². The molecule has 0 amide bonds. The van der Waals surface area contributed by atoms with Crippen molar-refractivity contribution in [2.45, 2.75) is 58.5 Å². The highest BCUT2D eigenvalue weighted by Crippen LogP contribution is 2.27. The van der Waals surface area contributed by atoms with Gasteiger partial charge in [0.05, 0.1) is 0 Å². The zero-order valence-electron chi connectivity index (χ0n) is 11.2. The van der Waals surface area contributed by atoms with Crippen molar-refractivity contribution in [2.24, 2.45) is 11.8 Å². The van der Waals surface area contributed by atoms with Crippen LogP contribution in [0.3, 0.4) is 0 Å². The normalized spacial score (nSPS) is 35.6. The monoisotopic (exact) mass is 224 g/mol. The first-order valence-corrected chi connectivity index (χ1v) is 7.13. The fraction of sp³-hybridized carbons (Fsp3) is 1.00. The van der Waals surface area contributed by atoms with Gasteiger partial charge >= 0.3 is 0 Å². The second-order valence-corrected chi connectivity index (χ2v) is 6.28. The van der Waals surface area contributed by atoms with Gasteiger partial charge in [0, 0.05) is 18.6 Å². The molecule has 4 unspecified atom stereocenters. The van der Waals surface area contributed by atoms with Crippen LogP contribution >= 0.6 is 0 Å². The summed E-state index contributed by atoms with van der Waals surface area (Å²) in [7, 11) is 0. The molecule has 0 aliphatic carbocycles. The average molecular weight is 224 g/mol. The lowest BCUT2D eigenvalue weighted by Crippen LogP contribution is -2.47. The van der Waals surface area contributed by atoms with E-state index in [2.05, 4.69) is 31.0 Å². The molecule has 94 valence electrons. The molecule has 2 aliphatic rings. The van der Waals surface area contributed by atoms with Crippen molar-refractivity contribution in [3.05, 3.63) is 0 Å². The van der Waals surface area contributed by atoms with E-state index in [4.69, 9.17) is 0 Å². The smallest absolute Gasteiger partial charge is 0.0123 e. The van der Waals surface area contributed by atoms with Crippen molar-refractivity contribution in [1.82, 2.24) is 10.2 Å². The molecule has 2 saturated heterocycles. The minimum absolute atomic E-state index is 0.708. The van der Waals surface area contributed by atoms with Crippen LogP contribution in [0.4, 0.5) is 0 Å². The Kier molecular flexibility index (Phi) is 4.26. The van der Waals surface area contributed by atoms with Gasteiger partial charge in [0.25, 0.3) is 0 Å². The molecule has 2 nitrogen and oxygen atoms in total. The number of hydrogen-bond acceptors (Lipinski definition) is 2. The molecule has 0 aromatic carbocycles. The number of nitrogens with one attached hydrogen (secondary N) is 1. The quantitative estimate of drug-likeness (QED) is 0.772. The van der Waals surface area contributed by atoms with Gasteiger partial charge < -0.3 is 10.2 Å². The Morgan fingerprint density at radius 3 is 2.62 bits per heavy atom. The molecule has 16 heavy (non-hydrogen) atoms. The molecule has 2 heteroatoms. The van der Waals surface area contributed by atoms with E-state index in [1.807, 2.05) is 0 Å². The first-order valence-electron chi connectivity index (χ1n) is 7.13. The molecular weight excluding hydrogens is 196 g/mol. The fourth-order valence-corrected chi connectivity index (χ4v) is 3.20. The SMILES string of the molecule is CC(C)CCC(C)NC1CCN2CCC1C2. The largest absolute Gasteiger partial charge is 0.311 e. The summed E-state index contributed by atoms with van der Waals surface area (Å²) in [5.41, 5.74) is 0. The first kappa shape index (κ1) is 12.4. The van der Waals surface area contributed by atoms with E-state index in [-0.39, 0.29) is 0 Å². The fourth-order valence-electron chi connectivity index (χ4n) is 3.20. The van der Waals surface area contributed by atoms with Crippen molar-refractivity contribution >= 4 is 0 Å². The summed E-state index contributed by atoms with van der Waals surface area (Å²) in [6.45, 7) is 11.0. The third kappa shape index (κ3) is 3.21. The van der Waals surface area contributed by atoms with Gasteiger partial charge in [-0.05, 0) is 57.5 Å². The molecule has 0 aromatic heterocycles. The Morgan fingerprint density at radius 1 is 1.12 bits per heavy atom. The summed E-state index contributed by atoms with van der Waals surface area (Å²) in [5.74, 6) is 1.79. The molecule has 0 saturated carbocycles. The minimum Gasteiger partial charge on any atom is -0.311 e. The van der Waals surface area contributed by atoms with E-state index in [1.165, 1.54) is 45.3 Å². The zero-order valence-corrected chi connectivity index (χ0v) is 11.2. The van der Waals surface area contributed by atoms with Crippen LogP contribution in [0.2, 0.25) is 0 Å². The van der Waals surface area contributed by atoms with E-state index in [9.17, 15) is 0 Å². The number of nitrogens with zero attached hydrogens (tertiary/aromatic N) is 1. The van der Waals surface area contributed by atoms with E-state index in [1.54, 1.807) is 0 Å². The predicted octanol–water partition coefficient (Wildman–Crippen LogP) is 2.49. The van der Waals surface area contributed by atoms with Gasteiger partial charge in [0.2, 0.25) is 0 Å². The molecule has 2 heterocycles. The van der Waals surface area contributed by atoms with Gasteiger partial charge in [0.15, 0.2) is 0 Å². The van der Waals surface area contributed by atoms with E-state index < -0.39 is 0 Å². The third-order valence-electron chi connectivity index (χ3n) is 4.31. The Labute approximate surface area is 101 Å². The maximum absolute atomic E-state index is 3.88. The highest BCUT2D eigenvalue weighted by atomic mass is 15.2. The second-order valence-electron chi connectivity index (χ2n) is 6.28. The van der Waals surface area contributed by atoms with Gasteiger partial charge in [-0.2, -0.15) is 0 Å². The van der Waals surface area contributed by atoms with Crippen molar-refractivity contribution in [2.75, 3.05) is 19.6 Å². The lowest BCUT2D eigenvalue weighted by molar-refractivity contribution is 0.208. The lowest BCUT2D eigenvalue weighted by Gasteiger charge is -2.33. The van der Waals surface area contributed by atoms with Crippen LogP contribution in [0.1, 0.15) is 46.5 Å². The van der Waals surface area contributed by atoms with Gasteiger partial charge in [0.1, 0.15) is 0 Å². The van der Waals surface area contributed by atoms with Crippen LogP contribution < -0.4 is 5.32 Å². The molecule has 2 fully saturated rings. The Morgan fingerprint density at radius 2 is 1.88 bits per heavy atom. The number of piperidine rings is 1. The van der Waals surface area contributed by atoms with E-state index >= 15 is 0 Å². The summed E-state index contributed by atoms with van der Waals surface area (Å²) >= 11 is 0. The van der Waals surface area contributed by atoms with Crippen LogP contribution in [0, 0.1) is 11.8 Å². The number of rotatable bonds is 5. The van der Waals surface area contributed by atoms with Crippen LogP contribution in [-0.4, -0.2) is 36.6 Å². The second kappa shape index (κ2) is 5.50. The van der Waals surface area contributed by atoms with Gasteiger partial charge in [-0.3, -0.25) is 0 Å². The highest BCUT2D eigenvalue weighted by Gasteiger charge is 2.34. The maximum atomic E-state index is 3.88. The molecule has 4 atom stereocenters. The van der Waals surface area contributed by atoms with Gasteiger partial charge in [-0.15, -0.1) is 0 Å². The van der Waals surface area contributed by atoms with E-state index in [0.29, 0.717) is 6.04 Å². The predicted molar refractivity (Wildman–Crippen MR) is 69.6 cm³/mol. The molecule has 2 aliphatic heterocycles. The van der Waals surface area contributed by atoms with Crippen LogP contribution in [-0.2, 0) is 0 Å². The summed E-state index contributed by atoms with van der Waals surface area (Å²) in [6, 6.07) is 1.51. The van der Waals surface area contributed by atoms with Crippen molar-refractivity contribution < 1.29 is 0 Å². The summed E-state index contributed by atoms with van der Waals surface area (Å²) in [5, 5.41) is 3.88. The van der Waals surface area contributed by atoms with Crippen LogP contribution in [0.5, 0.6) is 0 Å². The minimum atomic E-state index is 0.708. The molecule has 0 radical (unpaired) electrons. The first-order chi connectivity index (χ1) is 7.65. The molecule has 2 bridgehead atoms. The van der Waals surface area contributed by atoms with Crippen molar-refractivity contribution in [1.29, 1.82) is 0 Å². The number of hydrogen-bond donors (Lipinski definition) is 1. The molecule has 0 aromatic rings. The summed E-state index contributed by atoms with van der Waals surface area (Å²) in [6.07, 6.45) is 5.49. The van der Waals surface area contributed by atoms with Crippen LogP contribution in [0.25, 0.3) is 0 Å². The van der Waals surface area contributed by atoms with Crippen molar-refractivity contribution in [3.8, 4) is 0 Å². The topological polar surface area (TPSA) is 15.3 Å². The standard InChI is InChI=1S/C14H28N2/c1-11(2)4-5-12(3)15-14-7-9-16-8-6-13(14)10-16/h11-15H,4-10H2,1-3H3. The molecule has 2 rings (SSSR count).